The Morgan fingerprint density at radius 2 is 1.93 bits per heavy atom. The highest BCUT2D eigenvalue weighted by Crippen LogP contribution is 2.19. The molecule has 5 nitrogen and oxygen atoms in total. The lowest BCUT2D eigenvalue weighted by molar-refractivity contribution is -0.0721. The topological polar surface area (TPSA) is 46.1 Å². The molecule has 5 heteroatoms. The molecule has 30 heavy (non-hydrogen) atoms. The standard InChI is InChI=1S/C25H35N3O2/c1-26-25(27-15-12-21-9-6-8-20-7-2-3-11-24(20)21)28-16-13-22(14-17-28)30-19-23-10-4-5-18-29-23/h2-3,6-9,11,22-23H,4-5,10,12-19H2,1H3,(H,26,27). The fraction of sp³-hybridized carbons (Fsp3) is 0.560. The molecule has 2 aromatic carbocycles. The van der Waals surface area contributed by atoms with Gasteiger partial charge < -0.3 is 19.7 Å². The number of piperidine rings is 1. The molecule has 4 rings (SSSR count). The van der Waals surface area contributed by atoms with Crippen molar-refractivity contribution in [3.63, 3.8) is 0 Å². The molecule has 1 unspecified atom stereocenters. The Labute approximate surface area is 180 Å². The number of guanidine groups is 1. The molecule has 0 aliphatic carbocycles. The van der Waals surface area contributed by atoms with Gasteiger partial charge in [-0.2, -0.15) is 0 Å². The van der Waals surface area contributed by atoms with Crippen LogP contribution in [-0.4, -0.2) is 63.0 Å². The maximum atomic E-state index is 6.15. The maximum absolute atomic E-state index is 6.15. The highest BCUT2D eigenvalue weighted by molar-refractivity contribution is 5.85. The normalized spacial score (nSPS) is 21.2. The van der Waals surface area contributed by atoms with Gasteiger partial charge in [-0.1, -0.05) is 42.5 Å². The molecule has 2 heterocycles. The second kappa shape index (κ2) is 10.8. The van der Waals surface area contributed by atoms with Gasteiger partial charge >= 0.3 is 0 Å². The van der Waals surface area contributed by atoms with Crippen LogP contribution in [0.1, 0.15) is 37.7 Å². The van der Waals surface area contributed by atoms with Crippen molar-refractivity contribution in [2.75, 3.05) is 39.9 Å². The summed E-state index contributed by atoms with van der Waals surface area (Å²) in [5, 5.41) is 6.22. The van der Waals surface area contributed by atoms with Crippen LogP contribution in [0.5, 0.6) is 0 Å². The summed E-state index contributed by atoms with van der Waals surface area (Å²) in [7, 11) is 1.88. The molecule has 0 saturated carbocycles. The average molecular weight is 410 g/mol. The van der Waals surface area contributed by atoms with Crippen LogP contribution in [0.3, 0.4) is 0 Å². The summed E-state index contributed by atoms with van der Waals surface area (Å²) in [5.74, 6) is 1.00. The van der Waals surface area contributed by atoms with Gasteiger partial charge in [0.05, 0.1) is 18.8 Å². The predicted octanol–water partition coefficient (Wildman–Crippen LogP) is 4.01. The molecule has 0 aromatic heterocycles. The number of rotatable bonds is 6. The quantitative estimate of drug-likeness (QED) is 0.578. The lowest BCUT2D eigenvalue weighted by atomic mass is 10.0. The zero-order valence-electron chi connectivity index (χ0n) is 18.2. The number of hydrogen-bond donors (Lipinski definition) is 1. The molecule has 1 N–H and O–H groups in total. The summed E-state index contributed by atoms with van der Waals surface area (Å²) in [6, 6.07) is 15.2. The third kappa shape index (κ3) is 5.52. The Morgan fingerprint density at radius 1 is 1.10 bits per heavy atom. The van der Waals surface area contributed by atoms with Crippen LogP contribution < -0.4 is 5.32 Å². The maximum Gasteiger partial charge on any atom is 0.193 e. The second-order valence-electron chi connectivity index (χ2n) is 8.37. The summed E-state index contributed by atoms with van der Waals surface area (Å²) < 4.78 is 11.9. The summed E-state index contributed by atoms with van der Waals surface area (Å²) in [5.41, 5.74) is 1.38. The number of nitrogens with one attached hydrogen (secondary N) is 1. The highest BCUT2D eigenvalue weighted by Gasteiger charge is 2.23. The van der Waals surface area contributed by atoms with E-state index in [0.717, 1.165) is 64.5 Å². The lowest BCUT2D eigenvalue weighted by Gasteiger charge is -2.35. The van der Waals surface area contributed by atoms with Gasteiger partial charge in [-0.15, -0.1) is 0 Å². The Bertz CT molecular complexity index is 819. The number of aliphatic imine (C=N–C) groups is 1. The third-order valence-corrected chi connectivity index (χ3v) is 6.30. The largest absolute Gasteiger partial charge is 0.376 e. The minimum atomic E-state index is 0.306. The highest BCUT2D eigenvalue weighted by atomic mass is 16.5. The van der Waals surface area contributed by atoms with Gasteiger partial charge in [0.25, 0.3) is 0 Å². The molecule has 1 atom stereocenters. The van der Waals surface area contributed by atoms with E-state index in [1.807, 2.05) is 7.05 Å². The number of likely N-dealkylation sites (tertiary alicyclic amines) is 1. The number of ether oxygens (including phenoxy) is 2. The van der Waals surface area contributed by atoms with Crippen LogP contribution in [0.4, 0.5) is 0 Å². The zero-order valence-corrected chi connectivity index (χ0v) is 18.2. The number of hydrogen-bond acceptors (Lipinski definition) is 3. The second-order valence-corrected chi connectivity index (χ2v) is 8.37. The third-order valence-electron chi connectivity index (χ3n) is 6.30. The molecule has 2 fully saturated rings. The average Bonchev–Trinajstić information content (AvgIpc) is 2.82. The molecule has 0 bridgehead atoms. The first-order chi connectivity index (χ1) is 14.8. The predicted molar refractivity (Wildman–Crippen MR) is 123 cm³/mol. The van der Waals surface area contributed by atoms with Crippen molar-refractivity contribution in [2.24, 2.45) is 4.99 Å². The van der Waals surface area contributed by atoms with Gasteiger partial charge in [0, 0.05) is 33.3 Å². The van der Waals surface area contributed by atoms with E-state index in [0.29, 0.717) is 12.2 Å². The molecular weight excluding hydrogens is 374 g/mol. The van der Waals surface area contributed by atoms with Crippen molar-refractivity contribution in [1.82, 2.24) is 10.2 Å². The van der Waals surface area contributed by atoms with Crippen molar-refractivity contribution in [1.29, 1.82) is 0 Å². The van der Waals surface area contributed by atoms with E-state index in [4.69, 9.17) is 9.47 Å². The van der Waals surface area contributed by atoms with E-state index in [2.05, 4.69) is 57.7 Å². The van der Waals surface area contributed by atoms with Crippen molar-refractivity contribution < 1.29 is 9.47 Å². The lowest BCUT2D eigenvalue weighted by Crippen LogP contribution is -2.47. The van der Waals surface area contributed by atoms with Gasteiger partial charge in [0.2, 0.25) is 0 Å². The Balaban J connectivity index is 1.21. The summed E-state index contributed by atoms with van der Waals surface area (Å²) in [4.78, 5) is 6.88. The molecule has 2 aliphatic rings. The summed E-state index contributed by atoms with van der Waals surface area (Å²) in [6.45, 7) is 4.51. The molecule has 2 aliphatic heterocycles. The molecule has 0 spiro atoms. The van der Waals surface area contributed by atoms with Crippen molar-refractivity contribution >= 4 is 16.7 Å². The van der Waals surface area contributed by atoms with E-state index in [9.17, 15) is 0 Å². The molecule has 2 aromatic rings. The fourth-order valence-electron chi connectivity index (χ4n) is 4.57. The Hall–Kier alpha value is -2.11. The van der Waals surface area contributed by atoms with E-state index in [1.165, 1.54) is 29.2 Å². The monoisotopic (exact) mass is 409 g/mol. The molecule has 2 saturated heterocycles. The van der Waals surface area contributed by atoms with Crippen LogP contribution in [0.15, 0.2) is 47.5 Å². The van der Waals surface area contributed by atoms with Gasteiger partial charge in [-0.05, 0) is 54.9 Å². The first-order valence-electron chi connectivity index (χ1n) is 11.5. The fourth-order valence-corrected chi connectivity index (χ4v) is 4.57. The van der Waals surface area contributed by atoms with Crippen molar-refractivity contribution in [2.45, 2.75) is 50.7 Å². The molecular formula is C25H35N3O2. The minimum Gasteiger partial charge on any atom is -0.376 e. The van der Waals surface area contributed by atoms with Crippen LogP contribution in [-0.2, 0) is 15.9 Å². The van der Waals surface area contributed by atoms with Crippen LogP contribution in [0.25, 0.3) is 10.8 Å². The van der Waals surface area contributed by atoms with E-state index in [-0.39, 0.29) is 0 Å². The van der Waals surface area contributed by atoms with Gasteiger partial charge in [0.1, 0.15) is 0 Å². The zero-order chi connectivity index (χ0) is 20.6. The van der Waals surface area contributed by atoms with Gasteiger partial charge in [0.15, 0.2) is 5.96 Å². The Kier molecular flexibility index (Phi) is 7.59. The number of benzene rings is 2. The number of nitrogens with zero attached hydrogens (tertiary/aromatic N) is 2. The van der Waals surface area contributed by atoms with E-state index < -0.39 is 0 Å². The van der Waals surface area contributed by atoms with Crippen LogP contribution in [0.2, 0.25) is 0 Å². The first-order valence-corrected chi connectivity index (χ1v) is 11.5. The SMILES string of the molecule is CN=C(NCCc1cccc2ccccc12)N1CCC(OCC2CCCCO2)CC1. The first kappa shape index (κ1) is 21.1. The summed E-state index contributed by atoms with van der Waals surface area (Å²) >= 11 is 0. The molecule has 0 amide bonds. The van der Waals surface area contributed by atoms with Crippen LogP contribution >= 0.6 is 0 Å². The molecule has 0 radical (unpaired) electrons. The van der Waals surface area contributed by atoms with E-state index in [1.54, 1.807) is 0 Å². The van der Waals surface area contributed by atoms with Gasteiger partial charge in [-0.25, -0.2) is 0 Å². The van der Waals surface area contributed by atoms with E-state index >= 15 is 0 Å². The summed E-state index contributed by atoms with van der Waals surface area (Å²) in [6.07, 6.45) is 7.36. The Morgan fingerprint density at radius 3 is 2.73 bits per heavy atom. The molecule has 162 valence electrons. The van der Waals surface area contributed by atoms with Crippen molar-refractivity contribution in [3.05, 3.63) is 48.0 Å². The smallest absolute Gasteiger partial charge is 0.193 e. The number of fused-ring (bicyclic) bond motifs is 1. The minimum absolute atomic E-state index is 0.306. The van der Waals surface area contributed by atoms with Crippen molar-refractivity contribution in [3.8, 4) is 0 Å². The van der Waals surface area contributed by atoms with Gasteiger partial charge in [-0.3, -0.25) is 4.99 Å². The van der Waals surface area contributed by atoms with Crippen LogP contribution in [0, 0.1) is 0 Å².